The normalized spacial score (nSPS) is 10.6. The lowest BCUT2D eigenvalue weighted by Crippen LogP contribution is -2.18. The Bertz CT molecular complexity index is 1130. The van der Waals surface area contributed by atoms with Gasteiger partial charge in [-0.15, -0.1) is 0 Å². The monoisotopic (exact) mass is 464 g/mol. The van der Waals surface area contributed by atoms with Gasteiger partial charge in [-0.1, -0.05) is 29.3 Å². The summed E-state index contributed by atoms with van der Waals surface area (Å²) in [6.45, 7) is 2.28. The van der Waals surface area contributed by atoms with Gasteiger partial charge in [0.05, 0.1) is 37.4 Å². The first kappa shape index (κ1) is 22.4. The van der Waals surface area contributed by atoms with E-state index in [1.54, 1.807) is 31.2 Å². The van der Waals surface area contributed by atoms with E-state index in [-0.39, 0.29) is 30.2 Å². The van der Waals surface area contributed by atoms with E-state index in [1.165, 1.54) is 30.1 Å². The van der Waals surface area contributed by atoms with Crippen molar-refractivity contribution in [2.24, 2.45) is 0 Å². The minimum atomic E-state index is -0.697. The molecule has 0 fully saturated rings. The van der Waals surface area contributed by atoms with E-state index >= 15 is 0 Å². The van der Waals surface area contributed by atoms with Gasteiger partial charge in [0.25, 0.3) is 11.6 Å². The Morgan fingerprint density at radius 1 is 1.23 bits per heavy atom. The van der Waals surface area contributed by atoms with Gasteiger partial charge in [0, 0.05) is 22.2 Å². The molecule has 0 bridgehead atoms. The summed E-state index contributed by atoms with van der Waals surface area (Å²) in [6, 6.07) is 9.06. The molecule has 3 aromatic rings. The third-order valence-electron chi connectivity index (χ3n) is 4.32. The Morgan fingerprint density at radius 3 is 2.65 bits per heavy atom. The van der Waals surface area contributed by atoms with E-state index in [9.17, 15) is 14.9 Å². The molecule has 9 nitrogen and oxygen atoms in total. The maximum atomic E-state index is 12.9. The van der Waals surface area contributed by atoms with Crippen molar-refractivity contribution in [3.63, 3.8) is 0 Å². The van der Waals surface area contributed by atoms with Crippen molar-refractivity contribution in [3.8, 4) is 11.5 Å². The summed E-state index contributed by atoms with van der Waals surface area (Å²) in [5.41, 5.74) is 0.148. The molecule has 1 amide bonds. The highest BCUT2D eigenvalue weighted by molar-refractivity contribution is 6.35. The molecule has 31 heavy (non-hydrogen) atoms. The molecule has 0 unspecified atom stereocenters. The molecule has 2 aromatic carbocycles. The van der Waals surface area contributed by atoms with Crippen LogP contribution >= 0.6 is 23.2 Å². The van der Waals surface area contributed by atoms with Crippen molar-refractivity contribution >= 4 is 40.6 Å². The predicted octanol–water partition coefficient (Wildman–Crippen LogP) is 4.81. The summed E-state index contributed by atoms with van der Waals surface area (Å²) in [6.07, 6.45) is 1.49. The van der Waals surface area contributed by atoms with Crippen LogP contribution in [0.15, 0.2) is 42.6 Å². The number of ether oxygens (including phenoxy) is 2. The number of nitrogens with one attached hydrogen (secondary N) is 1. The molecule has 0 saturated carbocycles. The molecule has 0 radical (unpaired) electrons. The number of rotatable bonds is 8. The van der Waals surface area contributed by atoms with Gasteiger partial charge in [0.1, 0.15) is 11.4 Å². The number of anilines is 1. The fourth-order valence-electron chi connectivity index (χ4n) is 2.87. The van der Waals surface area contributed by atoms with E-state index in [0.29, 0.717) is 15.9 Å². The summed E-state index contributed by atoms with van der Waals surface area (Å²) >= 11 is 12.1. The number of nitro benzene ring substituents is 1. The van der Waals surface area contributed by atoms with Crippen LogP contribution in [0.2, 0.25) is 10.0 Å². The summed E-state index contributed by atoms with van der Waals surface area (Å²) in [5.74, 6) is 0.0184. The zero-order valence-corrected chi connectivity index (χ0v) is 18.1. The second kappa shape index (κ2) is 9.67. The highest BCUT2D eigenvalue weighted by atomic mass is 35.5. The van der Waals surface area contributed by atoms with Crippen molar-refractivity contribution in [1.29, 1.82) is 0 Å². The standard InChI is InChI=1S/C20H18Cl2N4O5/c1-3-31-18-10-16(26(28)29)14(9-17(18)30-2)20(27)24-19-6-7-23-25(19)11-12-4-5-13(21)8-15(12)22/h4-10H,3,11H2,1-2H3,(H,24,27). The molecule has 1 aromatic heterocycles. The maximum absolute atomic E-state index is 12.9. The number of methoxy groups -OCH3 is 1. The van der Waals surface area contributed by atoms with Gasteiger partial charge in [0.2, 0.25) is 0 Å². The molecule has 0 saturated heterocycles. The van der Waals surface area contributed by atoms with Crippen LogP contribution in [0, 0.1) is 10.1 Å². The smallest absolute Gasteiger partial charge is 0.286 e. The van der Waals surface area contributed by atoms with Crippen LogP contribution in [0.3, 0.4) is 0 Å². The summed E-state index contributed by atoms with van der Waals surface area (Å²) < 4.78 is 12.1. The number of nitro groups is 1. The number of carbonyl (C=O) groups excluding carboxylic acids is 1. The molecule has 1 heterocycles. The quantitative estimate of drug-likeness (QED) is 0.378. The number of halogens is 2. The third kappa shape index (κ3) is 5.07. The van der Waals surface area contributed by atoms with Crippen molar-refractivity contribution in [1.82, 2.24) is 9.78 Å². The average molecular weight is 465 g/mol. The molecular weight excluding hydrogens is 447 g/mol. The molecule has 0 aliphatic heterocycles. The minimum absolute atomic E-state index is 0.177. The van der Waals surface area contributed by atoms with Crippen molar-refractivity contribution < 1.29 is 19.2 Å². The van der Waals surface area contributed by atoms with Crippen LogP contribution < -0.4 is 14.8 Å². The molecule has 0 aliphatic rings. The predicted molar refractivity (Wildman–Crippen MR) is 117 cm³/mol. The number of carbonyl (C=O) groups is 1. The Morgan fingerprint density at radius 2 is 2.00 bits per heavy atom. The zero-order chi connectivity index (χ0) is 22.5. The molecule has 0 atom stereocenters. The molecule has 3 rings (SSSR count). The first-order valence-corrected chi connectivity index (χ1v) is 9.86. The second-order valence-corrected chi connectivity index (χ2v) is 7.12. The molecule has 0 spiro atoms. The largest absolute Gasteiger partial charge is 0.493 e. The first-order valence-electron chi connectivity index (χ1n) is 9.10. The highest BCUT2D eigenvalue weighted by Crippen LogP contribution is 2.35. The topological polar surface area (TPSA) is 109 Å². The Labute approximate surface area is 187 Å². The fraction of sp³-hybridized carbons (Fsp3) is 0.200. The molecule has 0 aliphatic carbocycles. The second-order valence-electron chi connectivity index (χ2n) is 6.27. The van der Waals surface area contributed by atoms with E-state index < -0.39 is 16.5 Å². The number of hydrogen-bond acceptors (Lipinski definition) is 6. The molecular formula is C20H18Cl2N4O5. The van der Waals surface area contributed by atoms with E-state index in [1.807, 2.05) is 0 Å². The van der Waals surface area contributed by atoms with Crippen molar-refractivity contribution in [2.75, 3.05) is 19.0 Å². The number of hydrogen-bond donors (Lipinski definition) is 1. The summed E-state index contributed by atoms with van der Waals surface area (Å²) in [5, 5.41) is 19.3. The van der Waals surface area contributed by atoms with E-state index in [4.69, 9.17) is 32.7 Å². The van der Waals surface area contributed by atoms with Gasteiger partial charge in [-0.2, -0.15) is 5.10 Å². The molecule has 1 N–H and O–H groups in total. The third-order valence-corrected chi connectivity index (χ3v) is 4.90. The van der Waals surface area contributed by atoms with Crippen LogP contribution in [0.25, 0.3) is 0 Å². The number of aromatic nitrogens is 2. The number of benzene rings is 2. The van der Waals surface area contributed by atoms with Crippen molar-refractivity contribution in [3.05, 3.63) is 73.9 Å². The first-order chi connectivity index (χ1) is 14.8. The Kier molecular flexibility index (Phi) is 6.98. The van der Waals surface area contributed by atoms with Gasteiger partial charge >= 0.3 is 0 Å². The SMILES string of the molecule is CCOc1cc([N+](=O)[O-])c(C(=O)Nc2ccnn2Cc2ccc(Cl)cc2Cl)cc1OC. The average Bonchev–Trinajstić information content (AvgIpc) is 3.16. The van der Waals surface area contributed by atoms with Gasteiger partial charge in [-0.05, 0) is 24.6 Å². The van der Waals surface area contributed by atoms with Crippen LogP contribution in [0.4, 0.5) is 11.5 Å². The maximum Gasteiger partial charge on any atom is 0.286 e. The van der Waals surface area contributed by atoms with Crippen LogP contribution in [0.1, 0.15) is 22.8 Å². The zero-order valence-electron chi connectivity index (χ0n) is 16.6. The summed E-state index contributed by atoms with van der Waals surface area (Å²) in [4.78, 5) is 23.8. The number of nitrogens with zero attached hydrogens (tertiary/aromatic N) is 3. The lowest BCUT2D eigenvalue weighted by molar-refractivity contribution is -0.385. The van der Waals surface area contributed by atoms with Crippen molar-refractivity contribution in [2.45, 2.75) is 13.5 Å². The van der Waals surface area contributed by atoms with E-state index in [2.05, 4.69) is 10.4 Å². The lowest BCUT2D eigenvalue weighted by Gasteiger charge is -2.13. The molecule has 11 heteroatoms. The minimum Gasteiger partial charge on any atom is -0.493 e. The van der Waals surface area contributed by atoms with Crippen LogP contribution in [0.5, 0.6) is 11.5 Å². The highest BCUT2D eigenvalue weighted by Gasteiger charge is 2.25. The van der Waals surface area contributed by atoms with Gasteiger partial charge in [-0.25, -0.2) is 4.68 Å². The van der Waals surface area contributed by atoms with Gasteiger partial charge in [-0.3, -0.25) is 14.9 Å². The van der Waals surface area contributed by atoms with Crippen LogP contribution in [-0.2, 0) is 6.54 Å². The Balaban J connectivity index is 1.90. The van der Waals surface area contributed by atoms with Gasteiger partial charge < -0.3 is 14.8 Å². The summed E-state index contributed by atoms with van der Waals surface area (Å²) in [7, 11) is 1.39. The van der Waals surface area contributed by atoms with E-state index in [0.717, 1.165) is 5.56 Å². The number of amides is 1. The fourth-order valence-corrected chi connectivity index (χ4v) is 3.34. The van der Waals surface area contributed by atoms with Crippen LogP contribution in [-0.4, -0.2) is 34.3 Å². The Hall–Kier alpha value is -3.30. The lowest BCUT2D eigenvalue weighted by atomic mass is 10.1. The molecule has 162 valence electrons. The van der Waals surface area contributed by atoms with Gasteiger partial charge in [0.15, 0.2) is 11.5 Å².